The van der Waals surface area contributed by atoms with Gasteiger partial charge in [0.15, 0.2) is 11.5 Å². The van der Waals surface area contributed by atoms with E-state index in [4.69, 9.17) is 9.47 Å². The number of hydrogen-bond acceptors (Lipinski definition) is 4. The predicted octanol–water partition coefficient (Wildman–Crippen LogP) is 4.81. The SMILES string of the molecule is COc1ccc(CCNC(=O)c2c(-c3ccccc3)c3cc(C)c(C)cc3c(=O)n2C)cc1OC. The Hall–Kier alpha value is -4.06. The maximum atomic E-state index is 13.5. The van der Waals surface area contributed by atoms with Crippen LogP contribution in [0.25, 0.3) is 21.9 Å². The number of nitrogens with zero attached hydrogens (tertiary/aromatic N) is 1. The molecule has 4 rings (SSSR count). The number of pyridine rings is 1. The Morgan fingerprint density at radius 2 is 1.54 bits per heavy atom. The third-order valence-corrected chi connectivity index (χ3v) is 6.44. The summed E-state index contributed by atoms with van der Waals surface area (Å²) in [6.45, 7) is 4.41. The van der Waals surface area contributed by atoms with Crippen molar-refractivity contribution in [1.29, 1.82) is 0 Å². The number of nitrogens with one attached hydrogen (secondary N) is 1. The molecule has 4 aromatic rings. The third kappa shape index (κ3) is 4.64. The van der Waals surface area contributed by atoms with Gasteiger partial charge in [-0.3, -0.25) is 9.59 Å². The molecule has 6 nitrogen and oxygen atoms in total. The van der Waals surface area contributed by atoms with Crippen LogP contribution in [0.15, 0.2) is 65.5 Å². The molecule has 1 amide bonds. The van der Waals surface area contributed by atoms with E-state index in [0.29, 0.717) is 35.5 Å². The van der Waals surface area contributed by atoms with E-state index in [0.717, 1.165) is 33.2 Å². The van der Waals surface area contributed by atoms with Crippen LogP contribution in [0.3, 0.4) is 0 Å². The Kier molecular flexibility index (Phi) is 6.92. The molecule has 0 fully saturated rings. The fourth-order valence-corrected chi connectivity index (χ4v) is 4.38. The van der Waals surface area contributed by atoms with Crippen molar-refractivity contribution in [3.8, 4) is 22.6 Å². The standard InChI is InChI=1S/C29H30N2O4/c1-18-15-22-23(16-19(18)2)29(33)31(3)27(26(22)21-9-7-6-8-10-21)28(32)30-14-13-20-11-12-24(34-4)25(17-20)35-5/h6-12,15-17H,13-14H2,1-5H3,(H,30,32). The minimum absolute atomic E-state index is 0.187. The second-order valence-electron chi connectivity index (χ2n) is 8.63. The Labute approximate surface area is 205 Å². The minimum atomic E-state index is -0.288. The minimum Gasteiger partial charge on any atom is -0.493 e. The number of hydrogen-bond donors (Lipinski definition) is 1. The molecular weight excluding hydrogens is 440 g/mol. The van der Waals surface area contributed by atoms with Gasteiger partial charge in [0.2, 0.25) is 0 Å². The van der Waals surface area contributed by atoms with Gasteiger partial charge in [0.1, 0.15) is 5.69 Å². The molecule has 0 saturated heterocycles. The van der Waals surface area contributed by atoms with Gasteiger partial charge >= 0.3 is 0 Å². The molecular formula is C29H30N2O4. The van der Waals surface area contributed by atoms with Crippen LogP contribution in [-0.4, -0.2) is 31.2 Å². The molecule has 0 unspecified atom stereocenters. The van der Waals surface area contributed by atoms with Gasteiger partial charge in [0.25, 0.3) is 11.5 Å². The van der Waals surface area contributed by atoms with Gasteiger partial charge in [-0.05, 0) is 66.1 Å². The van der Waals surface area contributed by atoms with Crippen molar-refractivity contribution in [3.63, 3.8) is 0 Å². The third-order valence-electron chi connectivity index (χ3n) is 6.44. The zero-order valence-electron chi connectivity index (χ0n) is 20.8. The zero-order chi connectivity index (χ0) is 25.1. The fraction of sp³-hybridized carbons (Fsp3) is 0.241. The van der Waals surface area contributed by atoms with E-state index >= 15 is 0 Å². The van der Waals surface area contributed by atoms with Crippen molar-refractivity contribution in [2.45, 2.75) is 20.3 Å². The van der Waals surface area contributed by atoms with Crippen molar-refractivity contribution in [1.82, 2.24) is 9.88 Å². The van der Waals surface area contributed by atoms with Crippen molar-refractivity contribution in [2.75, 3.05) is 20.8 Å². The molecule has 6 heteroatoms. The summed E-state index contributed by atoms with van der Waals surface area (Å²) in [4.78, 5) is 26.8. The van der Waals surface area contributed by atoms with Crippen LogP contribution in [-0.2, 0) is 13.5 Å². The number of rotatable bonds is 7. The largest absolute Gasteiger partial charge is 0.493 e. The lowest BCUT2D eigenvalue weighted by Gasteiger charge is -2.18. The highest BCUT2D eigenvalue weighted by Crippen LogP contribution is 2.32. The van der Waals surface area contributed by atoms with Crippen LogP contribution in [0.5, 0.6) is 11.5 Å². The lowest BCUT2D eigenvalue weighted by Crippen LogP contribution is -2.33. The second kappa shape index (κ2) is 10.1. The lowest BCUT2D eigenvalue weighted by atomic mass is 9.93. The summed E-state index contributed by atoms with van der Waals surface area (Å²) in [5.41, 5.74) is 4.93. The number of benzene rings is 3. The van der Waals surface area contributed by atoms with E-state index in [-0.39, 0.29) is 11.5 Å². The molecule has 0 aliphatic carbocycles. The molecule has 0 aliphatic heterocycles. The average molecular weight is 471 g/mol. The van der Waals surface area contributed by atoms with Crippen molar-refractivity contribution in [2.24, 2.45) is 7.05 Å². The molecule has 0 saturated carbocycles. The molecule has 180 valence electrons. The molecule has 1 aromatic heterocycles. The summed E-state index contributed by atoms with van der Waals surface area (Å²) in [7, 11) is 4.85. The summed E-state index contributed by atoms with van der Waals surface area (Å²) in [5, 5.41) is 4.40. The van der Waals surface area contributed by atoms with Crippen molar-refractivity contribution < 1.29 is 14.3 Å². The highest BCUT2D eigenvalue weighted by atomic mass is 16.5. The van der Waals surface area contributed by atoms with E-state index in [2.05, 4.69) is 5.32 Å². The molecule has 0 radical (unpaired) electrons. The predicted molar refractivity (Wildman–Crippen MR) is 140 cm³/mol. The Bertz CT molecular complexity index is 1460. The van der Waals surface area contributed by atoms with Crippen LogP contribution < -0.4 is 20.3 Å². The van der Waals surface area contributed by atoms with Gasteiger partial charge in [-0.1, -0.05) is 42.5 Å². The normalized spacial score (nSPS) is 10.9. The van der Waals surface area contributed by atoms with E-state index < -0.39 is 0 Å². The second-order valence-corrected chi connectivity index (χ2v) is 8.63. The Balaban J connectivity index is 1.73. The van der Waals surface area contributed by atoms with Gasteiger partial charge in [-0.2, -0.15) is 0 Å². The zero-order valence-corrected chi connectivity index (χ0v) is 20.8. The van der Waals surface area contributed by atoms with Gasteiger partial charge < -0.3 is 19.4 Å². The first kappa shape index (κ1) is 24.1. The molecule has 0 aliphatic rings. The number of amides is 1. The molecule has 1 heterocycles. The Morgan fingerprint density at radius 3 is 2.20 bits per heavy atom. The van der Waals surface area contributed by atoms with E-state index in [1.54, 1.807) is 21.3 Å². The van der Waals surface area contributed by atoms with Crippen LogP contribution in [0.2, 0.25) is 0 Å². The quantitative estimate of drug-likeness (QED) is 0.421. The highest BCUT2D eigenvalue weighted by molar-refractivity contribution is 6.08. The average Bonchev–Trinajstić information content (AvgIpc) is 2.87. The number of ether oxygens (including phenoxy) is 2. The van der Waals surface area contributed by atoms with E-state index in [1.807, 2.05) is 74.5 Å². The lowest BCUT2D eigenvalue weighted by molar-refractivity contribution is 0.0945. The first-order valence-electron chi connectivity index (χ1n) is 11.5. The number of aryl methyl sites for hydroxylation is 2. The molecule has 0 bridgehead atoms. The van der Waals surface area contributed by atoms with Crippen LogP contribution >= 0.6 is 0 Å². The summed E-state index contributed by atoms with van der Waals surface area (Å²) in [6, 6.07) is 19.4. The highest BCUT2D eigenvalue weighted by Gasteiger charge is 2.22. The summed E-state index contributed by atoms with van der Waals surface area (Å²) >= 11 is 0. The van der Waals surface area contributed by atoms with Crippen molar-refractivity contribution in [3.05, 3.63) is 93.4 Å². The van der Waals surface area contributed by atoms with E-state index in [9.17, 15) is 9.59 Å². The van der Waals surface area contributed by atoms with Gasteiger partial charge in [0.05, 0.1) is 14.2 Å². The fourth-order valence-electron chi connectivity index (χ4n) is 4.38. The maximum absolute atomic E-state index is 13.5. The molecule has 35 heavy (non-hydrogen) atoms. The van der Waals surface area contributed by atoms with E-state index in [1.165, 1.54) is 4.57 Å². The number of carbonyl (C=O) groups is 1. The Morgan fingerprint density at radius 1 is 0.886 bits per heavy atom. The topological polar surface area (TPSA) is 69.6 Å². The van der Waals surface area contributed by atoms with Crippen LogP contribution in [0, 0.1) is 13.8 Å². The summed E-state index contributed by atoms with van der Waals surface area (Å²) in [5.74, 6) is 1.01. The first-order chi connectivity index (χ1) is 16.8. The number of carbonyl (C=O) groups excluding carboxylic acids is 1. The summed E-state index contributed by atoms with van der Waals surface area (Å²) in [6.07, 6.45) is 0.604. The smallest absolute Gasteiger partial charge is 0.268 e. The summed E-state index contributed by atoms with van der Waals surface area (Å²) < 4.78 is 12.1. The monoisotopic (exact) mass is 470 g/mol. The molecule has 0 spiro atoms. The number of fused-ring (bicyclic) bond motifs is 1. The molecule has 0 atom stereocenters. The van der Waals surface area contributed by atoms with Gasteiger partial charge in [-0.15, -0.1) is 0 Å². The van der Waals surface area contributed by atoms with Crippen molar-refractivity contribution >= 4 is 16.7 Å². The molecule has 1 N–H and O–H groups in total. The maximum Gasteiger partial charge on any atom is 0.268 e. The first-order valence-corrected chi connectivity index (χ1v) is 11.5. The van der Waals surface area contributed by atoms with Gasteiger partial charge in [-0.25, -0.2) is 0 Å². The van der Waals surface area contributed by atoms with Gasteiger partial charge in [0, 0.05) is 24.5 Å². The molecule has 3 aromatic carbocycles. The van der Waals surface area contributed by atoms with Crippen LogP contribution in [0.4, 0.5) is 0 Å². The van der Waals surface area contributed by atoms with Crippen LogP contribution in [0.1, 0.15) is 27.2 Å². The number of methoxy groups -OCH3 is 2. The number of aromatic nitrogens is 1.